The van der Waals surface area contributed by atoms with E-state index in [9.17, 15) is 4.79 Å². The van der Waals surface area contributed by atoms with Gasteiger partial charge in [-0.05, 0) is 13.8 Å². The minimum Gasteiger partial charge on any atom is -0.462 e. The largest absolute Gasteiger partial charge is 0.462 e. The van der Waals surface area contributed by atoms with Gasteiger partial charge in [-0.2, -0.15) is 5.26 Å². The van der Waals surface area contributed by atoms with Crippen molar-refractivity contribution in [2.75, 3.05) is 26.4 Å². The molecule has 0 radical (unpaired) electrons. The third kappa shape index (κ3) is 10.9. The van der Waals surface area contributed by atoms with Crippen LogP contribution in [0.2, 0.25) is 0 Å². The molecule has 5 nitrogen and oxygen atoms in total. The molecule has 0 heterocycles. The highest BCUT2D eigenvalue weighted by atomic mass is 16.5. The van der Waals surface area contributed by atoms with Crippen molar-refractivity contribution in [3.8, 4) is 6.07 Å². The van der Waals surface area contributed by atoms with E-state index in [0.29, 0.717) is 26.2 Å². The summed E-state index contributed by atoms with van der Waals surface area (Å²) in [6.45, 7) is 5.90. The summed E-state index contributed by atoms with van der Waals surface area (Å²) in [6, 6.07) is 1.71. The Morgan fingerprint density at radius 1 is 1.47 bits per heavy atom. The van der Waals surface area contributed by atoms with Crippen LogP contribution in [0.15, 0.2) is 12.2 Å². The lowest BCUT2D eigenvalue weighted by Crippen LogP contribution is -2.16. The third-order valence-electron chi connectivity index (χ3n) is 1.78. The molecule has 5 heteroatoms. The van der Waals surface area contributed by atoms with Crippen molar-refractivity contribution < 1.29 is 19.0 Å². The zero-order chi connectivity index (χ0) is 12.9. The first-order valence-electron chi connectivity index (χ1n) is 5.63. The lowest BCUT2D eigenvalue weighted by molar-refractivity contribution is -0.138. The maximum atomic E-state index is 10.9. The van der Waals surface area contributed by atoms with Crippen LogP contribution >= 0.6 is 0 Å². The number of nitrogens with zero attached hydrogens (tertiary/aromatic N) is 1. The maximum Gasteiger partial charge on any atom is 0.331 e. The molecule has 0 saturated heterocycles. The van der Waals surface area contributed by atoms with Gasteiger partial charge in [0.15, 0.2) is 0 Å². The Balaban J connectivity index is 3.32. The van der Waals surface area contributed by atoms with Gasteiger partial charge in [-0.3, -0.25) is 0 Å². The fourth-order valence-electron chi connectivity index (χ4n) is 1.07. The standard InChI is InChI=1S/C12H19NO4/c1-3-16-11(2)10-15-8-5-9-17-12(14)6-4-7-13/h4,6,11H,3,5,8-10H2,1-2H3. The Kier molecular flexibility index (Phi) is 10.2. The monoisotopic (exact) mass is 241 g/mol. The Morgan fingerprint density at radius 3 is 2.88 bits per heavy atom. The minimum absolute atomic E-state index is 0.0844. The molecule has 0 rings (SSSR count). The number of carbonyl (C=O) groups excluding carboxylic acids is 1. The van der Waals surface area contributed by atoms with Gasteiger partial charge in [0, 0.05) is 31.8 Å². The highest BCUT2D eigenvalue weighted by Gasteiger charge is 2.00. The zero-order valence-corrected chi connectivity index (χ0v) is 10.3. The molecule has 0 aromatic carbocycles. The molecule has 0 aliphatic heterocycles. The summed E-state index contributed by atoms with van der Waals surface area (Å²) in [5, 5.41) is 8.18. The van der Waals surface area contributed by atoms with Crippen molar-refractivity contribution in [1.82, 2.24) is 0 Å². The number of hydrogen-bond donors (Lipinski definition) is 0. The summed E-state index contributed by atoms with van der Waals surface area (Å²) < 4.78 is 15.4. The van der Waals surface area contributed by atoms with Crippen LogP contribution in [0.5, 0.6) is 0 Å². The molecule has 0 aliphatic rings. The molecule has 0 aliphatic carbocycles. The second-order valence-electron chi connectivity index (χ2n) is 3.32. The van der Waals surface area contributed by atoms with Crippen molar-refractivity contribution in [1.29, 1.82) is 5.26 Å². The second-order valence-corrected chi connectivity index (χ2v) is 3.32. The van der Waals surface area contributed by atoms with Crippen LogP contribution in [0.4, 0.5) is 0 Å². The summed E-state index contributed by atoms with van der Waals surface area (Å²) in [7, 11) is 0. The average Bonchev–Trinajstić information content (AvgIpc) is 2.31. The van der Waals surface area contributed by atoms with Gasteiger partial charge < -0.3 is 14.2 Å². The number of nitriles is 1. The van der Waals surface area contributed by atoms with Crippen molar-refractivity contribution in [2.45, 2.75) is 26.4 Å². The molecule has 0 bridgehead atoms. The molecule has 0 aromatic heterocycles. The van der Waals surface area contributed by atoms with Gasteiger partial charge in [0.2, 0.25) is 0 Å². The van der Waals surface area contributed by atoms with E-state index < -0.39 is 5.97 Å². The molecule has 0 amide bonds. The molecule has 96 valence electrons. The van der Waals surface area contributed by atoms with E-state index in [1.807, 2.05) is 13.8 Å². The van der Waals surface area contributed by atoms with Crippen LogP contribution in [0.25, 0.3) is 0 Å². The lowest BCUT2D eigenvalue weighted by Gasteiger charge is -2.11. The zero-order valence-electron chi connectivity index (χ0n) is 10.3. The first-order valence-corrected chi connectivity index (χ1v) is 5.63. The highest BCUT2D eigenvalue weighted by Crippen LogP contribution is 1.93. The van der Waals surface area contributed by atoms with E-state index in [0.717, 1.165) is 12.2 Å². The van der Waals surface area contributed by atoms with Crippen molar-refractivity contribution in [3.05, 3.63) is 12.2 Å². The van der Waals surface area contributed by atoms with Gasteiger partial charge in [-0.25, -0.2) is 4.79 Å². The third-order valence-corrected chi connectivity index (χ3v) is 1.78. The molecule has 0 fully saturated rings. The second kappa shape index (κ2) is 11.1. The molecule has 1 unspecified atom stereocenters. The van der Waals surface area contributed by atoms with Gasteiger partial charge in [0.1, 0.15) is 0 Å². The Labute approximate surface area is 102 Å². The number of rotatable bonds is 9. The smallest absolute Gasteiger partial charge is 0.331 e. The number of esters is 1. The average molecular weight is 241 g/mol. The number of ether oxygens (including phenoxy) is 3. The van der Waals surface area contributed by atoms with E-state index in [1.165, 1.54) is 0 Å². The summed E-state index contributed by atoms with van der Waals surface area (Å²) in [5.41, 5.74) is 0. The molecular weight excluding hydrogens is 222 g/mol. The fraction of sp³-hybridized carbons (Fsp3) is 0.667. The topological polar surface area (TPSA) is 68.6 Å². The van der Waals surface area contributed by atoms with Gasteiger partial charge in [0.25, 0.3) is 0 Å². The lowest BCUT2D eigenvalue weighted by atomic mass is 10.4. The molecule has 0 aromatic rings. The summed E-state index contributed by atoms with van der Waals surface area (Å²) >= 11 is 0. The van der Waals surface area contributed by atoms with Crippen LogP contribution in [0.3, 0.4) is 0 Å². The van der Waals surface area contributed by atoms with E-state index >= 15 is 0 Å². The van der Waals surface area contributed by atoms with Crippen LogP contribution in [-0.4, -0.2) is 38.5 Å². The van der Waals surface area contributed by atoms with Gasteiger partial charge >= 0.3 is 5.97 Å². The Morgan fingerprint density at radius 2 is 2.24 bits per heavy atom. The van der Waals surface area contributed by atoms with Crippen LogP contribution < -0.4 is 0 Å². The first kappa shape index (κ1) is 15.6. The van der Waals surface area contributed by atoms with E-state index in [2.05, 4.69) is 0 Å². The molecule has 1 atom stereocenters. The fourth-order valence-corrected chi connectivity index (χ4v) is 1.07. The van der Waals surface area contributed by atoms with Crippen molar-refractivity contribution in [2.24, 2.45) is 0 Å². The van der Waals surface area contributed by atoms with Crippen LogP contribution in [0, 0.1) is 11.3 Å². The Bertz CT molecular complexity index is 270. The molecule has 0 saturated carbocycles. The first-order chi connectivity index (χ1) is 8.20. The van der Waals surface area contributed by atoms with Crippen LogP contribution in [-0.2, 0) is 19.0 Å². The van der Waals surface area contributed by atoms with E-state index in [4.69, 9.17) is 19.5 Å². The molecular formula is C12H19NO4. The minimum atomic E-state index is -0.505. The SMILES string of the molecule is CCOC(C)COCCCOC(=O)C=CC#N. The van der Waals surface area contributed by atoms with Crippen molar-refractivity contribution >= 4 is 5.97 Å². The quantitative estimate of drug-likeness (QED) is 0.264. The summed E-state index contributed by atoms with van der Waals surface area (Å²) in [5.74, 6) is -0.505. The molecule has 0 spiro atoms. The summed E-state index contributed by atoms with van der Waals surface area (Å²) in [6.07, 6.45) is 2.90. The van der Waals surface area contributed by atoms with Gasteiger partial charge in [0.05, 0.1) is 25.4 Å². The predicted molar refractivity (Wildman–Crippen MR) is 62.2 cm³/mol. The maximum absolute atomic E-state index is 10.9. The molecule has 0 N–H and O–H groups in total. The highest BCUT2D eigenvalue weighted by molar-refractivity contribution is 5.82. The number of carbonyl (C=O) groups is 1. The Hall–Kier alpha value is -1.38. The summed E-state index contributed by atoms with van der Waals surface area (Å²) in [4.78, 5) is 10.9. The number of allylic oxidation sites excluding steroid dienone is 1. The number of hydrogen-bond acceptors (Lipinski definition) is 5. The van der Waals surface area contributed by atoms with Crippen LogP contribution in [0.1, 0.15) is 20.3 Å². The molecule has 17 heavy (non-hydrogen) atoms. The van der Waals surface area contributed by atoms with Crippen molar-refractivity contribution in [3.63, 3.8) is 0 Å². The van der Waals surface area contributed by atoms with E-state index in [1.54, 1.807) is 6.07 Å². The normalized spacial score (nSPS) is 12.3. The van der Waals surface area contributed by atoms with E-state index in [-0.39, 0.29) is 12.7 Å². The van der Waals surface area contributed by atoms with Gasteiger partial charge in [-0.15, -0.1) is 0 Å². The van der Waals surface area contributed by atoms with Gasteiger partial charge in [-0.1, -0.05) is 0 Å². The predicted octanol–water partition coefficient (Wildman–Crippen LogP) is 1.44.